The third-order valence-electron chi connectivity index (χ3n) is 4.05. The van der Waals surface area contributed by atoms with E-state index < -0.39 is 0 Å². The van der Waals surface area contributed by atoms with Crippen LogP contribution in [0.2, 0.25) is 0 Å². The Morgan fingerprint density at radius 2 is 1.79 bits per heavy atom. The number of anilines is 4. The van der Waals surface area contributed by atoms with E-state index in [4.69, 9.17) is 5.41 Å². The summed E-state index contributed by atoms with van der Waals surface area (Å²) < 4.78 is 15.9. The number of imidazole rings is 1. The number of rotatable bonds is 8. The second kappa shape index (κ2) is 8.39. The zero-order chi connectivity index (χ0) is 20.1. The first-order valence-corrected chi connectivity index (χ1v) is 8.92. The number of aromatic nitrogens is 2. The Kier molecular flexibility index (Phi) is 5.74. The van der Waals surface area contributed by atoms with Crippen LogP contribution in [0.15, 0.2) is 67.0 Å². The Balaban J connectivity index is 1.91. The minimum Gasteiger partial charge on any atom is -0.342 e. The quantitative estimate of drug-likeness (QED) is 0.399. The molecule has 0 bridgehead atoms. The van der Waals surface area contributed by atoms with Crippen LogP contribution in [0, 0.1) is 11.2 Å². The monoisotopic (exact) mass is 378 g/mol. The fraction of sp³-hybridized carbons (Fsp3) is 0.143. The molecule has 0 amide bonds. The summed E-state index contributed by atoms with van der Waals surface area (Å²) in [5.41, 5.74) is 1.62. The molecular formula is C21H23FN6. The summed E-state index contributed by atoms with van der Waals surface area (Å²) >= 11 is 0. The van der Waals surface area contributed by atoms with Crippen molar-refractivity contribution in [3.05, 3.63) is 78.5 Å². The van der Waals surface area contributed by atoms with Crippen LogP contribution < -0.4 is 16.0 Å². The van der Waals surface area contributed by atoms with Crippen LogP contribution in [0.3, 0.4) is 0 Å². The lowest BCUT2D eigenvalue weighted by molar-refractivity contribution is 0.610. The highest BCUT2D eigenvalue weighted by atomic mass is 19.1. The summed E-state index contributed by atoms with van der Waals surface area (Å²) in [6.45, 7) is 7.98. The number of halogens is 1. The van der Waals surface area contributed by atoms with Crippen molar-refractivity contribution in [3.63, 3.8) is 0 Å². The number of benzene rings is 2. The molecule has 0 aliphatic rings. The second-order valence-electron chi connectivity index (χ2n) is 6.48. The van der Waals surface area contributed by atoms with Gasteiger partial charge in [-0.3, -0.25) is 4.57 Å². The van der Waals surface area contributed by atoms with E-state index in [1.807, 2.05) is 48.7 Å². The van der Waals surface area contributed by atoms with Gasteiger partial charge in [0.15, 0.2) is 0 Å². The lowest BCUT2D eigenvalue weighted by Crippen LogP contribution is -2.15. The van der Waals surface area contributed by atoms with Gasteiger partial charge >= 0.3 is 0 Å². The molecule has 144 valence electrons. The molecule has 0 fully saturated rings. The van der Waals surface area contributed by atoms with Gasteiger partial charge in [-0.2, -0.15) is 0 Å². The maximum atomic E-state index is 14.1. The van der Waals surface area contributed by atoms with Gasteiger partial charge < -0.3 is 21.4 Å². The van der Waals surface area contributed by atoms with E-state index in [1.165, 1.54) is 6.07 Å². The highest BCUT2D eigenvalue weighted by molar-refractivity contribution is 5.84. The molecule has 7 heteroatoms. The fourth-order valence-corrected chi connectivity index (χ4v) is 2.82. The van der Waals surface area contributed by atoms with Crippen molar-refractivity contribution in [3.8, 4) is 0 Å². The SMILES string of the molecule is C=C(Nc1ccccc1)Nc1c(C=N)nc(Nc2ccccc2F)n1C(C)C. The van der Waals surface area contributed by atoms with Crippen LogP contribution in [0.4, 0.5) is 27.5 Å². The predicted molar refractivity (Wildman–Crippen MR) is 113 cm³/mol. The topological polar surface area (TPSA) is 77.8 Å². The summed E-state index contributed by atoms with van der Waals surface area (Å²) in [5.74, 6) is 1.20. The average Bonchev–Trinajstić information content (AvgIpc) is 3.01. The minimum absolute atomic E-state index is 0.00231. The van der Waals surface area contributed by atoms with E-state index in [1.54, 1.807) is 18.2 Å². The summed E-state index contributed by atoms with van der Waals surface area (Å²) in [7, 11) is 0. The maximum absolute atomic E-state index is 14.1. The molecule has 0 unspecified atom stereocenters. The first kappa shape index (κ1) is 19.2. The van der Waals surface area contributed by atoms with Crippen molar-refractivity contribution in [2.24, 2.45) is 0 Å². The van der Waals surface area contributed by atoms with Gasteiger partial charge in [-0.1, -0.05) is 36.9 Å². The van der Waals surface area contributed by atoms with Gasteiger partial charge in [0.2, 0.25) is 5.95 Å². The Labute approximate surface area is 163 Å². The zero-order valence-corrected chi connectivity index (χ0v) is 15.8. The molecule has 4 N–H and O–H groups in total. The van der Waals surface area contributed by atoms with E-state index >= 15 is 0 Å². The highest BCUT2D eigenvalue weighted by Crippen LogP contribution is 2.29. The average molecular weight is 378 g/mol. The molecule has 3 aromatic rings. The Bertz CT molecular complexity index is 978. The van der Waals surface area contributed by atoms with Gasteiger partial charge in [0.25, 0.3) is 0 Å². The van der Waals surface area contributed by atoms with Crippen molar-refractivity contribution in [1.82, 2.24) is 9.55 Å². The van der Waals surface area contributed by atoms with Gasteiger partial charge in [0.1, 0.15) is 23.1 Å². The number of nitrogens with zero attached hydrogens (tertiary/aromatic N) is 2. The summed E-state index contributed by atoms with van der Waals surface area (Å²) in [4.78, 5) is 4.46. The van der Waals surface area contributed by atoms with Gasteiger partial charge in [-0.05, 0) is 38.1 Å². The zero-order valence-electron chi connectivity index (χ0n) is 15.8. The Morgan fingerprint density at radius 1 is 1.11 bits per heavy atom. The maximum Gasteiger partial charge on any atom is 0.209 e. The third kappa shape index (κ3) is 4.20. The Morgan fingerprint density at radius 3 is 2.43 bits per heavy atom. The lowest BCUT2D eigenvalue weighted by atomic mass is 10.3. The molecule has 0 aliphatic heterocycles. The van der Waals surface area contributed by atoms with Crippen LogP contribution >= 0.6 is 0 Å². The van der Waals surface area contributed by atoms with E-state index in [9.17, 15) is 4.39 Å². The van der Waals surface area contributed by atoms with Gasteiger partial charge in [0.05, 0.1) is 5.69 Å². The van der Waals surface area contributed by atoms with E-state index in [0.717, 1.165) is 11.9 Å². The number of hydrogen-bond acceptors (Lipinski definition) is 5. The smallest absolute Gasteiger partial charge is 0.209 e. The van der Waals surface area contributed by atoms with E-state index in [0.29, 0.717) is 29.0 Å². The molecule has 0 saturated carbocycles. The summed E-state index contributed by atoms with van der Waals surface area (Å²) in [6, 6.07) is 16.0. The normalized spacial score (nSPS) is 10.6. The van der Waals surface area contributed by atoms with Crippen molar-refractivity contribution in [2.45, 2.75) is 19.9 Å². The summed E-state index contributed by atoms with van der Waals surface area (Å²) in [6.07, 6.45) is 1.16. The highest BCUT2D eigenvalue weighted by Gasteiger charge is 2.19. The molecule has 6 nitrogen and oxygen atoms in total. The molecule has 0 spiro atoms. The van der Waals surface area contributed by atoms with Gasteiger partial charge in [0, 0.05) is 17.9 Å². The first-order chi connectivity index (χ1) is 13.5. The number of nitrogens with one attached hydrogen (secondary N) is 4. The number of hydrogen-bond donors (Lipinski definition) is 4. The van der Waals surface area contributed by atoms with Crippen molar-refractivity contribution in [1.29, 1.82) is 5.41 Å². The van der Waals surface area contributed by atoms with Crippen LogP contribution in [0.5, 0.6) is 0 Å². The van der Waals surface area contributed by atoms with Crippen molar-refractivity contribution in [2.75, 3.05) is 16.0 Å². The number of para-hydroxylation sites is 2. The van der Waals surface area contributed by atoms with Crippen LogP contribution in [-0.4, -0.2) is 15.8 Å². The van der Waals surface area contributed by atoms with Crippen LogP contribution in [0.25, 0.3) is 0 Å². The predicted octanol–water partition coefficient (Wildman–Crippen LogP) is 5.34. The molecule has 28 heavy (non-hydrogen) atoms. The lowest BCUT2D eigenvalue weighted by Gasteiger charge is -2.19. The molecule has 0 saturated heterocycles. The summed E-state index contributed by atoms with van der Waals surface area (Å²) in [5, 5.41) is 17.1. The Hall–Kier alpha value is -3.61. The largest absolute Gasteiger partial charge is 0.342 e. The second-order valence-corrected chi connectivity index (χ2v) is 6.48. The van der Waals surface area contributed by atoms with Gasteiger partial charge in [-0.25, -0.2) is 9.37 Å². The van der Waals surface area contributed by atoms with Crippen molar-refractivity contribution < 1.29 is 4.39 Å². The van der Waals surface area contributed by atoms with Crippen molar-refractivity contribution >= 4 is 29.4 Å². The molecule has 0 atom stereocenters. The third-order valence-corrected chi connectivity index (χ3v) is 4.05. The molecule has 2 aromatic carbocycles. The van der Waals surface area contributed by atoms with Crippen LogP contribution in [-0.2, 0) is 0 Å². The van der Waals surface area contributed by atoms with Gasteiger partial charge in [-0.15, -0.1) is 0 Å². The van der Waals surface area contributed by atoms with E-state index in [-0.39, 0.29) is 11.9 Å². The molecule has 0 radical (unpaired) electrons. The van der Waals surface area contributed by atoms with E-state index in [2.05, 4.69) is 27.5 Å². The fourth-order valence-electron chi connectivity index (χ4n) is 2.82. The first-order valence-electron chi connectivity index (χ1n) is 8.92. The minimum atomic E-state index is -0.373. The molecule has 0 aliphatic carbocycles. The van der Waals surface area contributed by atoms with Crippen LogP contribution in [0.1, 0.15) is 25.6 Å². The molecule has 1 heterocycles. The standard InChI is InChI=1S/C21H23FN6/c1-14(2)28-20(25-15(3)24-16-9-5-4-6-10-16)19(13-23)27-21(28)26-18-12-8-7-11-17(18)22/h4-14,23-25H,3H2,1-2H3,(H,26,27). The molecular weight excluding hydrogens is 355 g/mol. The molecule has 1 aromatic heterocycles. The molecule has 3 rings (SSSR count).